The van der Waals surface area contributed by atoms with E-state index in [4.69, 9.17) is 5.73 Å². The smallest absolute Gasteiger partial charge is 0.242 e. The number of amides is 2. The van der Waals surface area contributed by atoms with Crippen molar-refractivity contribution >= 4 is 11.8 Å². The predicted molar refractivity (Wildman–Crippen MR) is 95.0 cm³/mol. The molecule has 2 aliphatic rings. The van der Waals surface area contributed by atoms with E-state index in [1.54, 1.807) is 29.2 Å². The Balaban J connectivity index is 1.54. The quantitative estimate of drug-likeness (QED) is 0.860. The Morgan fingerprint density at radius 3 is 2.48 bits per heavy atom. The summed E-state index contributed by atoms with van der Waals surface area (Å²) in [5.41, 5.74) is 6.96. The van der Waals surface area contributed by atoms with Crippen LogP contribution in [-0.4, -0.2) is 58.4 Å². The van der Waals surface area contributed by atoms with Crippen molar-refractivity contribution in [2.45, 2.75) is 50.6 Å². The predicted octanol–water partition coefficient (Wildman–Crippen LogP) is 1.27. The number of hydrogen-bond acceptors (Lipinski definition) is 4. The molecule has 25 heavy (non-hydrogen) atoms. The number of rotatable bonds is 4. The van der Waals surface area contributed by atoms with Crippen LogP contribution in [0.4, 0.5) is 0 Å². The van der Waals surface area contributed by atoms with E-state index in [1.807, 2.05) is 4.90 Å². The van der Waals surface area contributed by atoms with E-state index in [0.29, 0.717) is 25.6 Å². The lowest BCUT2D eigenvalue weighted by Gasteiger charge is -2.41. The highest BCUT2D eigenvalue weighted by Gasteiger charge is 2.33. The summed E-state index contributed by atoms with van der Waals surface area (Å²) >= 11 is 0. The van der Waals surface area contributed by atoms with E-state index >= 15 is 0 Å². The molecule has 3 N–H and O–H groups in total. The van der Waals surface area contributed by atoms with E-state index < -0.39 is 6.04 Å². The first-order chi connectivity index (χ1) is 12.0. The minimum absolute atomic E-state index is 0.0448. The largest absolute Gasteiger partial charge is 0.508 e. The van der Waals surface area contributed by atoms with Gasteiger partial charge >= 0.3 is 0 Å². The van der Waals surface area contributed by atoms with Gasteiger partial charge in [0.2, 0.25) is 11.8 Å². The number of piperazine rings is 1. The summed E-state index contributed by atoms with van der Waals surface area (Å²) < 4.78 is 0. The van der Waals surface area contributed by atoms with Crippen molar-refractivity contribution in [3.8, 4) is 5.75 Å². The van der Waals surface area contributed by atoms with Gasteiger partial charge < -0.3 is 20.6 Å². The van der Waals surface area contributed by atoms with Gasteiger partial charge in [-0.2, -0.15) is 0 Å². The summed E-state index contributed by atoms with van der Waals surface area (Å²) in [5.74, 6) is 0.0566. The Morgan fingerprint density at radius 2 is 1.84 bits per heavy atom. The summed E-state index contributed by atoms with van der Waals surface area (Å²) in [6, 6.07) is 6.36. The third-order valence-electron chi connectivity index (χ3n) is 5.29. The molecular formula is C19H27N3O3. The fraction of sp³-hybridized carbons (Fsp3) is 0.579. The number of nitrogens with zero attached hydrogens (tertiary/aromatic N) is 2. The van der Waals surface area contributed by atoms with E-state index in [-0.39, 0.29) is 24.1 Å². The van der Waals surface area contributed by atoms with Crippen LogP contribution >= 0.6 is 0 Å². The summed E-state index contributed by atoms with van der Waals surface area (Å²) in [6.07, 6.45) is 6.20. The lowest BCUT2D eigenvalue weighted by Crippen LogP contribution is -2.58. The first kappa shape index (κ1) is 17.7. The van der Waals surface area contributed by atoms with Crippen molar-refractivity contribution in [2.75, 3.05) is 19.6 Å². The summed E-state index contributed by atoms with van der Waals surface area (Å²) in [4.78, 5) is 28.6. The minimum Gasteiger partial charge on any atom is -0.508 e. The van der Waals surface area contributed by atoms with Gasteiger partial charge in [-0.1, -0.05) is 31.4 Å². The highest BCUT2D eigenvalue weighted by Crippen LogP contribution is 2.24. The molecule has 1 aromatic rings. The van der Waals surface area contributed by atoms with Gasteiger partial charge in [-0.05, 0) is 37.0 Å². The number of carbonyl (C=O) groups excluding carboxylic acids is 2. The van der Waals surface area contributed by atoms with Crippen LogP contribution < -0.4 is 5.73 Å². The van der Waals surface area contributed by atoms with Gasteiger partial charge in [-0.25, -0.2) is 0 Å². The maximum absolute atomic E-state index is 12.6. The number of nitrogens with two attached hydrogens (primary N) is 1. The van der Waals surface area contributed by atoms with Crippen molar-refractivity contribution in [1.29, 1.82) is 0 Å². The molecule has 136 valence electrons. The Bertz CT molecular complexity index is 611. The van der Waals surface area contributed by atoms with E-state index in [2.05, 4.69) is 0 Å². The van der Waals surface area contributed by atoms with Crippen molar-refractivity contribution in [3.63, 3.8) is 0 Å². The van der Waals surface area contributed by atoms with Gasteiger partial charge in [0, 0.05) is 19.1 Å². The first-order valence-electron chi connectivity index (χ1n) is 9.16. The third-order valence-corrected chi connectivity index (χ3v) is 5.29. The number of phenols is 1. The van der Waals surface area contributed by atoms with E-state index in [9.17, 15) is 14.7 Å². The molecule has 1 aromatic carbocycles. The molecule has 1 aliphatic heterocycles. The summed E-state index contributed by atoms with van der Waals surface area (Å²) in [7, 11) is 0. The zero-order chi connectivity index (χ0) is 17.8. The molecule has 6 heteroatoms. The first-order valence-corrected chi connectivity index (χ1v) is 9.16. The zero-order valence-corrected chi connectivity index (χ0v) is 14.6. The van der Waals surface area contributed by atoms with Crippen LogP contribution in [-0.2, 0) is 16.0 Å². The van der Waals surface area contributed by atoms with Crippen LogP contribution in [0.15, 0.2) is 24.3 Å². The summed E-state index contributed by atoms with van der Waals surface area (Å²) in [5, 5.41) is 9.32. The molecule has 0 bridgehead atoms. The molecular weight excluding hydrogens is 318 g/mol. The second-order valence-corrected chi connectivity index (χ2v) is 7.12. The van der Waals surface area contributed by atoms with Crippen molar-refractivity contribution in [2.24, 2.45) is 5.73 Å². The van der Waals surface area contributed by atoms with Crippen molar-refractivity contribution in [1.82, 2.24) is 9.80 Å². The second-order valence-electron chi connectivity index (χ2n) is 7.12. The van der Waals surface area contributed by atoms with Gasteiger partial charge in [0.1, 0.15) is 5.75 Å². The van der Waals surface area contributed by atoms with Crippen molar-refractivity contribution < 1.29 is 14.7 Å². The Hall–Kier alpha value is -2.08. The monoisotopic (exact) mass is 345 g/mol. The molecule has 1 heterocycles. The molecule has 1 saturated carbocycles. The maximum atomic E-state index is 12.6. The second kappa shape index (κ2) is 7.87. The highest BCUT2D eigenvalue weighted by molar-refractivity contribution is 5.88. The van der Waals surface area contributed by atoms with Crippen LogP contribution in [0.3, 0.4) is 0 Å². The maximum Gasteiger partial charge on any atom is 0.242 e. The topological polar surface area (TPSA) is 86.9 Å². The van der Waals surface area contributed by atoms with Gasteiger partial charge in [-0.15, -0.1) is 0 Å². The average molecular weight is 345 g/mol. The molecule has 6 nitrogen and oxygen atoms in total. The van der Waals surface area contributed by atoms with Gasteiger partial charge in [0.05, 0.1) is 12.6 Å². The number of phenolic OH excluding ortho intramolecular Hbond substituents is 1. The van der Waals surface area contributed by atoms with Crippen LogP contribution in [0.25, 0.3) is 0 Å². The summed E-state index contributed by atoms with van der Waals surface area (Å²) in [6.45, 7) is 1.31. The molecule has 3 rings (SSSR count). The molecule has 0 aromatic heterocycles. The van der Waals surface area contributed by atoms with E-state index in [0.717, 1.165) is 18.4 Å². The SMILES string of the molecule is N[C@@H](Cc1ccc(O)cc1)C(=O)N1CCN(C2CCCCC2)C(=O)C1. The lowest BCUT2D eigenvalue weighted by atomic mass is 9.93. The number of aromatic hydroxyl groups is 1. The molecule has 1 aliphatic carbocycles. The molecule has 0 radical (unpaired) electrons. The van der Waals surface area contributed by atoms with Gasteiger partial charge in [-0.3, -0.25) is 9.59 Å². The van der Waals surface area contributed by atoms with Crippen LogP contribution in [0.5, 0.6) is 5.75 Å². The van der Waals surface area contributed by atoms with E-state index in [1.165, 1.54) is 19.3 Å². The minimum atomic E-state index is -0.668. The Labute approximate surface area is 148 Å². The molecule has 2 amide bonds. The molecule has 0 spiro atoms. The van der Waals surface area contributed by atoms with Crippen LogP contribution in [0.2, 0.25) is 0 Å². The number of benzene rings is 1. The van der Waals surface area contributed by atoms with Gasteiger partial charge in [0.15, 0.2) is 0 Å². The number of hydrogen-bond donors (Lipinski definition) is 2. The number of carbonyl (C=O) groups is 2. The highest BCUT2D eigenvalue weighted by atomic mass is 16.3. The van der Waals surface area contributed by atoms with Crippen molar-refractivity contribution in [3.05, 3.63) is 29.8 Å². The Kier molecular flexibility index (Phi) is 5.58. The fourth-order valence-electron chi connectivity index (χ4n) is 3.86. The normalized spacial score (nSPS) is 20.6. The zero-order valence-electron chi connectivity index (χ0n) is 14.6. The molecule has 1 atom stereocenters. The standard InChI is InChI=1S/C19H27N3O3/c20-17(12-14-6-8-16(23)9-7-14)19(25)21-10-11-22(18(24)13-21)15-4-2-1-3-5-15/h6-9,15,17,23H,1-5,10-13,20H2/t17-/m0/s1. The fourth-order valence-corrected chi connectivity index (χ4v) is 3.86. The van der Waals surface area contributed by atoms with Crippen LogP contribution in [0, 0.1) is 0 Å². The molecule has 2 fully saturated rings. The lowest BCUT2D eigenvalue weighted by molar-refractivity contribution is -0.148. The Morgan fingerprint density at radius 1 is 1.16 bits per heavy atom. The molecule has 0 unspecified atom stereocenters. The van der Waals surface area contributed by atoms with Gasteiger partial charge in [0.25, 0.3) is 0 Å². The third kappa shape index (κ3) is 4.31. The van der Waals surface area contributed by atoms with Crippen LogP contribution in [0.1, 0.15) is 37.7 Å². The average Bonchev–Trinajstić information content (AvgIpc) is 2.63. The molecule has 1 saturated heterocycles.